The number of aromatic nitrogens is 1. The van der Waals surface area contributed by atoms with Crippen molar-refractivity contribution < 1.29 is 0 Å². The van der Waals surface area contributed by atoms with E-state index in [9.17, 15) is 0 Å². The highest BCUT2D eigenvalue weighted by atomic mass is 15.2. The highest BCUT2D eigenvalue weighted by Crippen LogP contribution is 2.31. The van der Waals surface area contributed by atoms with Gasteiger partial charge >= 0.3 is 0 Å². The fourth-order valence-corrected chi connectivity index (χ4v) is 2.31. The Morgan fingerprint density at radius 3 is 2.47 bits per heavy atom. The molecular weight excluding hydrogens is 210 g/mol. The van der Waals surface area contributed by atoms with Gasteiger partial charge in [0.05, 0.1) is 0 Å². The smallest absolute Gasteiger partial charge is 0.128 e. The average Bonchev–Trinajstić information content (AvgIpc) is 2.29. The summed E-state index contributed by atoms with van der Waals surface area (Å²) in [6.07, 6.45) is 2.48. The number of nitrogens with two attached hydrogens (primary N) is 1. The van der Waals surface area contributed by atoms with E-state index in [2.05, 4.69) is 35.9 Å². The second-order valence-electron chi connectivity index (χ2n) is 5.77. The first-order valence-electron chi connectivity index (χ1n) is 6.43. The second-order valence-corrected chi connectivity index (χ2v) is 5.77. The number of rotatable bonds is 2. The summed E-state index contributed by atoms with van der Waals surface area (Å²) in [4.78, 5) is 7.05. The van der Waals surface area contributed by atoms with Crippen LogP contribution in [-0.4, -0.2) is 18.1 Å². The molecule has 1 aromatic heterocycles. The van der Waals surface area contributed by atoms with Gasteiger partial charge in [-0.1, -0.05) is 19.9 Å². The molecule has 0 aromatic carbocycles. The maximum atomic E-state index is 5.66. The monoisotopic (exact) mass is 233 g/mol. The Balaban J connectivity index is 2.11. The molecule has 0 atom stereocenters. The molecule has 1 fully saturated rings. The molecule has 17 heavy (non-hydrogen) atoms. The van der Waals surface area contributed by atoms with Crippen molar-refractivity contribution in [2.45, 2.75) is 40.2 Å². The third-order valence-electron chi connectivity index (χ3n) is 3.84. The molecule has 2 heterocycles. The van der Waals surface area contributed by atoms with Crippen molar-refractivity contribution in [3.8, 4) is 0 Å². The van der Waals surface area contributed by atoms with E-state index in [4.69, 9.17) is 5.73 Å². The van der Waals surface area contributed by atoms with Gasteiger partial charge in [-0.15, -0.1) is 0 Å². The van der Waals surface area contributed by atoms with Crippen LogP contribution in [0.4, 0.5) is 5.82 Å². The fourth-order valence-electron chi connectivity index (χ4n) is 2.31. The maximum absolute atomic E-state index is 5.66. The Hall–Kier alpha value is -1.09. The first kappa shape index (κ1) is 12.4. The lowest BCUT2D eigenvalue weighted by molar-refractivity contribution is 0.279. The molecule has 1 aliphatic heterocycles. The zero-order chi connectivity index (χ0) is 12.5. The minimum Gasteiger partial charge on any atom is -0.357 e. The summed E-state index contributed by atoms with van der Waals surface area (Å²) in [7, 11) is 0. The van der Waals surface area contributed by atoms with E-state index in [1.165, 1.54) is 12.8 Å². The van der Waals surface area contributed by atoms with Crippen LogP contribution < -0.4 is 10.6 Å². The largest absolute Gasteiger partial charge is 0.357 e. The quantitative estimate of drug-likeness (QED) is 0.853. The molecule has 3 heteroatoms. The van der Waals surface area contributed by atoms with E-state index in [0.717, 1.165) is 30.2 Å². The van der Waals surface area contributed by atoms with Crippen molar-refractivity contribution in [3.05, 3.63) is 23.4 Å². The number of hydrogen-bond donors (Lipinski definition) is 1. The van der Waals surface area contributed by atoms with Crippen LogP contribution in [0.1, 0.15) is 37.9 Å². The molecule has 1 saturated heterocycles. The summed E-state index contributed by atoms with van der Waals surface area (Å²) in [6, 6.07) is 4.21. The zero-order valence-corrected chi connectivity index (χ0v) is 11.2. The van der Waals surface area contributed by atoms with Crippen LogP contribution in [0.25, 0.3) is 0 Å². The number of piperidine rings is 1. The van der Waals surface area contributed by atoms with E-state index >= 15 is 0 Å². The summed E-state index contributed by atoms with van der Waals surface area (Å²) >= 11 is 0. The van der Waals surface area contributed by atoms with Crippen LogP contribution in [0.3, 0.4) is 0 Å². The molecule has 2 rings (SSSR count). The van der Waals surface area contributed by atoms with E-state index in [0.29, 0.717) is 12.0 Å². The topological polar surface area (TPSA) is 42.2 Å². The molecule has 0 aliphatic carbocycles. The van der Waals surface area contributed by atoms with Crippen LogP contribution in [0.5, 0.6) is 0 Å². The van der Waals surface area contributed by atoms with Crippen molar-refractivity contribution in [2.75, 3.05) is 18.0 Å². The summed E-state index contributed by atoms with van der Waals surface area (Å²) in [5.74, 6) is 1.11. The lowest BCUT2D eigenvalue weighted by atomic mass is 9.83. The van der Waals surface area contributed by atoms with Gasteiger partial charge < -0.3 is 10.6 Å². The first-order chi connectivity index (χ1) is 8.02. The second kappa shape index (κ2) is 4.65. The summed E-state index contributed by atoms with van der Waals surface area (Å²) in [5, 5.41) is 0. The number of anilines is 1. The summed E-state index contributed by atoms with van der Waals surface area (Å²) in [6.45, 7) is 9.54. The first-order valence-corrected chi connectivity index (χ1v) is 6.43. The van der Waals surface area contributed by atoms with Crippen molar-refractivity contribution in [2.24, 2.45) is 11.1 Å². The molecule has 1 aliphatic rings. The summed E-state index contributed by atoms with van der Waals surface area (Å²) < 4.78 is 0. The molecule has 0 unspecified atom stereocenters. The normalized spacial score (nSPS) is 19.4. The Bertz CT molecular complexity index is 388. The van der Waals surface area contributed by atoms with Gasteiger partial charge in [-0.25, -0.2) is 4.98 Å². The van der Waals surface area contributed by atoms with Gasteiger partial charge in [-0.3, -0.25) is 0 Å². The minimum absolute atomic E-state index is 0.489. The lowest BCUT2D eigenvalue weighted by Gasteiger charge is -2.37. The fraction of sp³-hybridized carbons (Fsp3) is 0.643. The Morgan fingerprint density at radius 1 is 1.29 bits per heavy atom. The van der Waals surface area contributed by atoms with E-state index in [1.54, 1.807) is 0 Å². The van der Waals surface area contributed by atoms with Crippen molar-refractivity contribution >= 4 is 5.82 Å². The molecule has 0 spiro atoms. The average molecular weight is 233 g/mol. The Labute approximate surface area is 104 Å². The third-order valence-corrected chi connectivity index (χ3v) is 3.84. The Morgan fingerprint density at radius 2 is 1.94 bits per heavy atom. The van der Waals surface area contributed by atoms with Gasteiger partial charge in [0.25, 0.3) is 0 Å². The van der Waals surface area contributed by atoms with Gasteiger partial charge in [-0.2, -0.15) is 0 Å². The van der Waals surface area contributed by atoms with Crippen molar-refractivity contribution in [3.63, 3.8) is 0 Å². The molecule has 94 valence electrons. The zero-order valence-electron chi connectivity index (χ0n) is 11.2. The predicted octanol–water partition coefficient (Wildman–Crippen LogP) is 2.48. The number of pyridine rings is 1. The highest BCUT2D eigenvalue weighted by Gasteiger charge is 2.25. The van der Waals surface area contributed by atoms with Crippen molar-refractivity contribution in [1.29, 1.82) is 0 Å². The van der Waals surface area contributed by atoms with Gasteiger partial charge in [0.1, 0.15) is 5.82 Å². The van der Waals surface area contributed by atoms with Crippen molar-refractivity contribution in [1.82, 2.24) is 4.98 Å². The van der Waals surface area contributed by atoms with Gasteiger partial charge in [0.15, 0.2) is 0 Å². The minimum atomic E-state index is 0.489. The number of aryl methyl sites for hydroxylation is 1. The van der Waals surface area contributed by atoms with Crippen LogP contribution in [0.15, 0.2) is 12.1 Å². The SMILES string of the molecule is Cc1nc(N2CCC(C)(C)CC2)ccc1CN. The standard InChI is InChI=1S/C14H23N3/c1-11-12(10-15)4-5-13(16-11)17-8-6-14(2,3)7-9-17/h4-5H,6-10,15H2,1-3H3. The van der Waals surface area contributed by atoms with E-state index in [1.807, 2.05) is 6.92 Å². The van der Waals surface area contributed by atoms with Gasteiger partial charge in [0.2, 0.25) is 0 Å². The third kappa shape index (κ3) is 2.78. The van der Waals surface area contributed by atoms with E-state index < -0.39 is 0 Å². The summed E-state index contributed by atoms with van der Waals surface area (Å²) in [5.41, 5.74) is 8.36. The van der Waals surface area contributed by atoms with Crippen LogP contribution in [0, 0.1) is 12.3 Å². The van der Waals surface area contributed by atoms with Crippen LogP contribution in [0.2, 0.25) is 0 Å². The highest BCUT2D eigenvalue weighted by molar-refractivity contribution is 5.42. The Kier molecular flexibility index (Phi) is 3.38. The molecule has 0 radical (unpaired) electrons. The lowest BCUT2D eigenvalue weighted by Crippen LogP contribution is -2.37. The number of hydrogen-bond acceptors (Lipinski definition) is 3. The molecular formula is C14H23N3. The molecule has 0 amide bonds. The maximum Gasteiger partial charge on any atom is 0.128 e. The molecule has 2 N–H and O–H groups in total. The van der Waals surface area contributed by atoms with Crippen LogP contribution in [-0.2, 0) is 6.54 Å². The van der Waals surface area contributed by atoms with E-state index in [-0.39, 0.29) is 0 Å². The predicted molar refractivity (Wildman–Crippen MR) is 72.1 cm³/mol. The molecule has 0 bridgehead atoms. The van der Waals surface area contributed by atoms with Gasteiger partial charge in [-0.05, 0) is 36.8 Å². The molecule has 0 saturated carbocycles. The van der Waals surface area contributed by atoms with Crippen LogP contribution >= 0.6 is 0 Å². The van der Waals surface area contributed by atoms with Gasteiger partial charge in [0, 0.05) is 25.3 Å². The molecule has 3 nitrogen and oxygen atoms in total. The number of nitrogens with zero attached hydrogens (tertiary/aromatic N) is 2. The molecule has 1 aromatic rings.